The van der Waals surface area contributed by atoms with E-state index in [9.17, 15) is 4.79 Å². The molecular weight excluding hydrogens is 128 g/mol. The Kier molecular flexibility index (Phi) is 1.31. The van der Waals surface area contributed by atoms with Crippen LogP contribution in [0.2, 0.25) is 0 Å². The van der Waals surface area contributed by atoms with Gasteiger partial charge in [-0.2, -0.15) is 0 Å². The maximum absolute atomic E-state index is 11.1. The highest BCUT2D eigenvalue weighted by atomic mass is 16.5. The Balaban J connectivity index is 2.08. The van der Waals surface area contributed by atoms with Gasteiger partial charge in [-0.15, -0.1) is 0 Å². The molecule has 0 bridgehead atoms. The molecule has 3 atom stereocenters. The number of hydrogen-bond acceptors (Lipinski definition) is 2. The van der Waals surface area contributed by atoms with E-state index in [1.165, 1.54) is 0 Å². The lowest BCUT2D eigenvalue weighted by molar-refractivity contribution is -0.148. The number of carbonyl (C=O) groups excluding carboxylic acids is 1. The second-order valence-corrected chi connectivity index (χ2v) is 3.16. The van der Waals surface area contributed by atoms with Crippen LogP contribution >= 0.6 is 0 Å². The second kappa shape index (κ2) is 2.06. The van der Waals surface area contributed by atoms with Crippen molar-refractivity contribution in [2.45, 2.75) is 25.9 Å². The van der Waals surface area contributed by atoms with Crippen molar-refractivity contribution >= 4 is 5.78 Å². The lowest BCUT2D eigenvalue weighted by atomic mass is 9.68. The molecule has 0 aromatic rings. The Morgan fingerprint density at radius 3 is 3.20 bits per heavy atom. The average molecular weight is 140 g/mol. The molecule has 0 aromatic carbocycles. The smallest absolute Gasteiger partial charge is 0.165 e. The van der Waals surface area contributed by atoms with Gasteiger partial charge < -0.3 is 4.74 Å². The lowest BCUT2D eigenvalue weighted by Gasteiger charge is -2.36. The van der Waals surface area contributed by atoms with E-state index in [2.05, 4.69) is 6.92 Å². The molecule has 1 saturated carbocycles. The van der Waals surface area contributed by atoms with E-state index in [0.29, 0.717) is 17.6 Å². The predicted octanol–water partition coefficient (Wildman–Crippen LogP) is 1.00. The summed E-state index contributed by atoms with van der Waals surface area (Å²) in [7, 11) is 0. The molecular formula is C8H12O2. The van der Waals surface area contributed by atoms with E-state index in [0.717, 1.165) is 19.4 Å². The van der Waals surface area contributed by atoms with Crippen LogP contribution < -0.4 is 0 Å². The Hall–Kier alpha value is -0.370. The van der Waals surface area contributed by atoms with Gasteiger partial charge in [-0.3, -0.25) is 4.79 Å². The maximum atomic E-state index is 11.1. The highest BCUT2D eigenvalue weighted by molar-refractivity contribution is 5.92. The first kappa shape index (κ1) is 6.35. The Morgan fingerprint density at radius 2 is 2.50 bits per heavy atom. The molecule has 56 valence electrons. The summed E-state index contributed by atoms with van der Waals surface area (Å²) in [5.74, 6) is 1.27. The van der Waals surface area contributed by atoms with Crippen LogP contribution in [0.25, 0.3) is 0 Å². The Morgan fingerprint density at radius 1 is 1.70 bits per heavy atom. The Labute approximate surface area is 60.6 Å². The van der Waals surface area contributed by atoms with Gasteiger partial charge in [0.05, 0.1) is 0 Å². The zero-order valence-electron chi connectivity index (χ0n) is 6.17. The van der Waals surface area contributed by atoms with Crippen LogP contribution in [0, 0.1) is 11.8 Å². The predicted molar refractivity (Wildman–Crippen MR) is 36.6 cm³/mol. The van der Waals surface area contributed by atoms with Gasteiger partial charge in [0.15, 0.2) is 5.78 Å². The summed E-state index contributed by atoms with van der Waals surface area (Å²) in [4.78, 5) is 11.1. The van der Waals surface area contributed by atoms with E-state index in [1.54, 1.807) is 0 Å². The van der Waals surface area contributed by atoms with Crippen molar-refractivity contribution in [1.29, 1.82) is 0 Å². The van der Waals surface area contributed by atoms with Crippen molar-refractivity contribution in [1.82, 2.24) is 0 Å². The van der Waals surface area contributed by atoms with Gasteiger partial charge in [0.1, 0.15) is 6.10 Å². The summed E-state index contributed by atoms with van der Waals surface area (Å²) in [6.07, 6.45) is 2.11. The van der Waals surface area contributed by atoms with E-state index >= 15 is 0 Å². The fraction of sp³-hybridized carbons (Fsp3) is 0.875. The summed E-state index contributed by atoms with van der Waals surface area (Å²) in [5.41, 5.74) is 0. The van der Waals surface area contributed by atoms with Crippen LogP contribution in [0.5, 0.6) is 0 Å². The SMILES string of the molecule is CC[C@@H]1C(=O)[C@H]2OCC[C@@H]12. The number of rotatable bonds is 1. The second-order valence-electron chi connectivity index (χ2n) is 3.16. The van der Waals surface area contributed by atoms with E-state index < -0.39 is 0 Å². The van der Waals surface area contributed by atoms with Crippen molar-refractivity contribution in [3.05, 3.63) is 0 Å². The average Bonchev–Trinajstić information content (AvgIpc) is 2.33. The van der Waals surface area contributed by atoms with Gasteiger partial charge in [-0.25, -0.2) is 0 Å². The molecule has 10 heavy (non-hydrogen) atoms. The highest BCUT2D eigenvalue weighted by Gasteiger charge is 2.51. The number of ketones is 1. The van der Waals surface area contributed by atoms with Gasteiger partial charge in [-0.05, 0) is 12.8 Å². The van der Waals surface area contributed by atoms with Crippen molar-refractivity contribution in [2.24, 2.45) is 11.8 Å². The molecule has 0 N–H and O–H groups in total. The third-order valence-electron chi connectivity index (χ3n) is 2.74. The monoisotopic (exact) mass is 140 g/mol. The zero-order valence-corrected chi connectivity index (χ0v) is 6.17. The van der Waals surface area contributed by atoms with Crippen molar-refractivity contribution in [2.75, 3.05) is 6.61 Å². The minimum Gasteiger partial charge on any atom is -0.370 e. The third-order valence-corrected chi connectivity index (χ3v) is 2.74. The molecule has 1 aliphatic carbocycles. The molecule has 2 aliphatic rings. The quantitative estimate of drug-likeness (QED) is 0.543. The highest BCUT2D eigenvalue weighted by Crippen LogP contribution is 2.42. The van der Waals surface area contributed by atoms with Gasteiger partial charge in [0.25, 0.3) is 0 Å². The number of Topliss-reactive ketones (excluding diaryl/α,β-unsaturated/α-hetero) is 1. The molecule has 1 saturated heterocycles. The molecule has 0 aromatic heterocycles. The molecule has 0 radical (unpaired) electrons. The molecule has 1 aliphatic heterocycles. The van der Waals surface area contributed by atoms with Crippen molar-refractivity contribution < 1.29 is 9.53 Å². The topological polar surface area (TPSA) is 26.3 Å². The van der Waals surface area contributed by atoms with Gasteiger partial charge in [0, 0.05) is 18.4 Å². The molecule has 0 unspecified atom stereocenters. The molecule has 2 fully saturated rings. The van der Waals surface area contributed by atoms with E-state index in [1.807, 2.05) is 0 Å². The summed E-state index contributed by atoms with van der Waals surface area (Å²) in [5, 5.41) is 0. The first-order valence-corrected chi connectivity index (χ1v) is 4.00. The molecule has 0 amide bonds. The number of fused-ring (bicyclic) bond motifs is 1. The number of hydrogen-bond donors (Lipinski definition) is 0. The summed E-state index contributed by atoms with van der Waals surface area (Å²) in [6.45, 7) is 2.88. The number of ether oxygens (including phenoxy) is 1. The normalized spacial score (nSPS) is 44.9. The molecule has 2 heteroatoms. The van der Waals surface area contributed by atoms with Crippen LogP contribution in [0.3, 0.4) is 0 Å². The van der Waals surface area contributed by atoms with Crippen molar-refractivity contribution in [3.63, 3.8) is 0 Å². The van der Waals surface area contributed by atoms with E-state index in [-0.39, 0.29) is 6.10 Å². The largest absolute Gasteiger partial charge is 0.370 e. The minimum atomic E-state index is 0.00458. The Bertz CT molecular complexity index is 165. The fourth-order valence-corrected chi connectivity index (χ4v) is 2.12. The minimum absolute atomic E-state index is 0.00458. The van der Waals surface area contributed by atoms with Crippen LogP contribution in [-0.2, 0) is 9.53 Å². The standard InChI is InChI=1S/C8H12O2/c1-2-5-6-3-4-10-8(6)7(5)9/h5-6,8H,2-4H2,1H3/t5-,6-,8-/m0/s1. The maximum Gasteiger partial charge on any atom is 0.165 e. The van der Waals surface area contributed by atoms with Gasteiger partial charge >= 0.3 is 0 Å². The van der Waals surface area contributed by atoms with Gasteiger partial charge in [-0.1, -0.05) is 6.92 Å². The first-order valence-electron chi connectivity index (χ1n) is 4.00. The molecule has 2 nitrogen and oxygen atoms in total. The molecule has 1 heterocycles. The first-order chi connectivity index (χ1) is 4.84. The zero-order chi connectivity index (χ0) is 7.14. The summed E-state index contributed by atoms with van der Waals surface area (Å²) in [6, 6.07) is 0. The summed E-state index contributed by atoms with van der Waals surface area (Å²) >= 11 is 0. The molecule has 0 spiro atoms. The number of carbonyl (C=O) groups is 1. The van der Waals surface area contributed by atoms with Crippen LogP contribution in [-0.4, -0.2) is 18.5 Å². The molecule has 2 rings (SSSR count). The third kappa shape index (κ3) is 0.601. The fourth-order valence-electron chi connectivity index (χ4n) is 2.12. The van der Waals surface area contributed by atoms with E-state index in [4.69, 9.17) is 4.74 Å². The lowest BCUT2D eigenvalue weighted by Crippen LogP contribution is -2.49. The van der Waals surface area contributed by atoms with Gasteiger partial charge in [0.2, 0.25) is 0 Å². The van der Waals surface area contributed by atoms with Crippen LogP contribution in [0.4, 0.5) is 0 Å². The summed E-state index contributed by atoms with van der Waals surface area (Å²) < 4.78 is 5.25. The van der Waals surface area contributed by atoms with Crippen molar-refractivity contribution in [3.8, 4) is 0 Å². The van der Waals surface area contributed by atoms with Crippen LogP contribution in [0.15, 0.2) is 0 Å². The van der Waals surface area contributed by atoms with Crippen LogP contribution in [0.1, 0.15) is 19.8 Å².